The van der Waals surface area contributed by atoms with Crippen molar-refractivity contribution in [2.24, 2.45) is 5.73 Å². The molecule has 412 valence electrons. The van der Waals surface area contributed by atoms with Crippen LogP contribution in [0.15, 0.2) is 73.6 Å². The molecule has 7 heterocycles. The van der Waals surface area contributed by atoms with Gasteiger partial charge in [0.15, 0.2) is 5.78 Å². The second-order valence-corrected chi connectivity index (χ2v) is 19.7. The number of likely N-dealkylation sites (N-methyl/N-ethyl adjacent to an activating group) is 1. The lowest BCUT2D eigenvalue weighted by molar-refractivity contribution is 0.0574. The van der Waals surface area contributed by atoms with Crippen molar-refractivity contribution >= 4 is 46.7 Å². The van der Waals surface area contributed by atoms with E-state index in [1.54, 1.807) is 81.1 Å². The molecule has 0 saturated carbocycles. The number of carbonyl (C=O) groups excluding carboxylic acids is 2. The van der Waals surface area contributed by atoms with Gasteiger partial charge in [0.25, 0.3) is 11.6 Å². The normalized spacial score (nSPS) is 12.4. The molecule has 0 bridgehead atoms. The van der Waals surface area contributed by atoms with Crippen molar-refractivity contribution in [2.75, 3.05) is 85.4 Å². The van der Waals surface area contributed by atoms with Gasteiger partial charge in [-0.15, -0.1) is 0 Å². The zero-order valence-corrected chi connectivity index (χ0v) is 44.8. The molecule has 23 heteroatoms. The second kappa shape index (κ2) is 26.0. The number of halogens is 2. The number of hydrogen-bond donors (Lipinski definition) is 2. The van der Waals surface area contributed by atoms with Crippen LogP contribution in [0.25, 0.3) is 32.2 Å². The Morgan fingerprint density at radius 1 is 0.846 bits per heavy atom. The summed E-state index contributed by atoms with van der Waals surface area (Å²) in [6, 6.07) is 7.87. The van der Waals surface area contributed by atoms with Crippen LogP contribution in [0.1, 0.15) is 67.2 Å². The molecule has 9 rings (SSSR count). The maximum atomic E-state index is 15.0. The molecule has 1 amide bonds. The molecule has 2 aromatic carbocycles. The molecule has 78 heavy (non-hydrogen) atoms. The van der Waals surface area contributed by atoms with E-state index in [2.05, 4.69) is 63.9 Å². The highest BCUT2D eigenvalue weighted by molar-refractivity contribution is 6.09. The van der Waals surface area contributed by atoms with Gasteiger partial charge in [0.2, 0.25) is 23.2 Å². The summed E-state index contributed by atoms with van der Waals surface area (Å²) in [6.07, 6.45) is 12.2. The van der Waals surface area contributed by atoms with Crippen LogP contribution < -0.4 is 25.4 Å². The standard InChI is InChI=1S/C26H27FN6O4.C23H23FN8O.C5H14N2.CH4/c1-26(2,3)37-25(35)33(14-18-16-10-12-36-21(16)8-7-19(18)27)24-29-13-17(20(34)9-11-31(5)6)23-30-22(28-4)15-32(23)24;1-25-21-14-31-22(29-21)17(19-6-8-28-32(19)10-9-30(2)3)13-27-23(31)26-12-16-15-7-11-33-20(15)5-4-18(16)24;1-7(2)5-3-4-6;/h7-9,11,13,15H,10,12,14H2,1-3,5-6H3;4-6,8,13-14H,7,9-12H2,2-3H3,(H,26,27);3-6H2,1-2H3;1H4/b11-9+;;;. The van der Waals surface area contributed by atoms with Gasteiger partial charge in [-0.3, -0.25) is 18.3 Å². The van der Waals surface area contributed by atoms with E-state index < -0.39 is 17.5 Å². The Morgan fingerprint density at radius 2 is 1.46 bits per heavy atom. The van der Waals surface area contributed by atoms with Crippen molar-refractivity contribution < 1.29 is 32.6 Å². The molecule has 0 aliphatic carbocycles. The number of fused-ring (bicyclic) bond motifs is 4. The number of allylic oxidation sites excluding steroid dienone is 1. The molecular formula is C55H68F2N16O5. The predicted octanol–water partition coefficient (Wildman–Crippen LogP) is 8.48. The molecule has 0 atom stereocenters. The largest absolute Gasteiger partial charge is 0.493 e. The highest BCUT2D eigenvalue weighted by atomic mass is 19.1. The van der Waals surface area contributed by atoms with Crippen molar-refractivity contribution in [2.45, 2.75) is 72.7 Å². The van der Waals surface area contributed by atoms with E-state index in [0.717, 1.165) is 48.6 Å². The summed E-state index contributed by atoms with van der Waals surface area (Å²) >= 11 is 0. The van der Waals surface area contributed by atoms with E-state index in [9.17, 15) is 14.0 Å². The van der Waals surface area contributed by atoms with E-state index in [4.69, 9.17) is 33.1 Å². The SMILES string of the molecule is C.CN(C)CCCN.[C-]#[N+]c1cn2c(N(Cc3c(F)ccc4c3CCO4)C(=O)OC(C)(C)C)ncc(C(=O)/C=C/N(C)C)c2n1.[C-]#[N+]c1cn2c(NCc3c(F)ccc4c3CCO4)ncc(-c3ccnn3CCN(C)C)c2n1. The van der Waals surface area contributed by atoms with Gasteiger partial charge >= 0.3 is 6.09 Å². The molecule has 2 aliphatic rings. The fraction of sp³-hybridized carbons (Fsp3) is 0.400. The van der Waals surface area contributed by atoms with Gasteiger partial charge in [0.1, 0.15) is 34.3 Å². The van der Waals surface area contributed by atoms with E-state index in [-0.39, 0.29) is 66.5 Å². The lowest BCUT2D eigenvalue weighted by atomic mass is 10.0. The Hall–Kier alpha value is -8.51. The molecule has 0 fully saturated rings. The van der Waals surface area contributed by atoms with E-state index >= 15 is 4.39 Å². The number of carbonyl (C=O) groups is 2. The summed E-state index contributed by atoms with van der Waals surface area (Å²) in [6.45, 7) is 24.4. The third-order valence-corrected chi connectivity index (χ3v) is 12.0. The van der Waals surface area contributed by atoms with Crippen molar-refractivity contribution in [1.29, 1.82) is 0 Å². The number of ether oxygens (including phenoxy) is 3. The van der Waals surface area contributed by atoms with Gasteiger partial charge in [-0.05, 0) is 98.8 Å². The van der Waals surface area contributed by atoms with Crippen molar-refractivity contribution in [3.8, 4) is 22.8 Å². The van der Waals surface area contributed by atoms with Crippen LogP contribution in [-0.2, 0) is 37.2 Å². The van der Waals surface area contributed by atoms with Gasteiger partial charge in [-0.25, -0.2) is 28.4 Å². The van der Waals surface area contributed by atoms with Gasteiger partial charge in [0.05, 0.1) is 37.6 Å². The van der Waals surface area contributed by atoms with Crippen molar-refractivity contribution in [3.63, 3.8) is 0 Å². The van der Waals surface area contributed by atoms with Crippen molar-refractivity contribution in [1.82, 2.24) is 53.2 Å². The van der Waals surface area contributed by atoms with E-state index in [1.807, 2.05) is 24.8 Å². The first-order valence-corrected chi connectivity index (χ1v) is 24.8. The average molecular weight is 1070 g/mol. The maximum Gasteiger partial charge on any atom is 0.417 e. The lowest BCUT2D eigenvalue weighted by Gasteiger charge is -2.27. The van der Waals surface area contributed by atoms with Crippen LogP contribution >= 0.6 is 0 Å². The molecule has 3 N–H and O–H groups in total. The van der Waals surface area contributed by atoms with Gasteiger partial charge in [-0.1, -0.05) is 30.5 Å². The molecule has 7 aromatic rings. The number of nitrogens with zero attached hydrogens (tertiary/aromatic N) is 14. The Balaban J connectivity index is 0.000000223. The molecule has 21 nitrogen and oxygen atoms in total. The number of anilines is 2. The van der Waals surface area contributed by atoms with Gasteiger partial charge < -0.3 is 49.7 Å². The zero-order chi connectivity index (χ0) is 55.6. The second-order valence-electron chi connectivity index (χ2n) is 19.7. The number of benzene rings is 2. The minimum absolute atomic E-state index is 0. The monoisotopic (exact) mass is 1070 g/mol. The Morgan fingerprint density at radius 3 is 2.05 bits per heavy atom. The number of hydrogen-bond acceptors (Lipinski definition) is 15. The number of rotatable bonds is 16. The maximum absolute atomic E-state index is 15.0. The first-order valence-electron chi connectivity index (χ1n) is 24.8. The molecule has 0 saturated heterocycles. The van der Waals surface area contributed by atoms with E-state index in [1.165, 1.54) is 39.9 Å². The summed E-state index contributed by atoms with van der Waals surface area (Å²) in [5.41, 5.74) is 9.29. The molecule has 0 radical (unpaired) electrons. The number of aromatic nitrogens is 8. The first kappa shape index (κ1) is 58.7. The van der Waals surface area contributed by atoms with Crippen LogP contribution in [0, 0.1) is 24.8 Å². The summed E-state index contributed by atoms with van der Waals surface area (Å²) in [5.74, 6) is 0.890. The number of ketones is 1. The highest BCUT2D eigenvalue weighted by Gasteiger charge is 2.32. The molecule has 2 aliphatic heterocycles. The topological polar surface area (TPSA) is 200 Å². The number of imidazole rings is 2. The van der Waals surface area contributed by atoms with Crippen LogP contribution in [0.4, 0.5) is 37.1 Å². The highest BCUT2D eigenvalue weighted by Crippen LogP contribution is 2.35. The molecule has 5 aromatic heterocycles. The zero-order valence-electron chi connectivity index (χ0n) is 44.8. The Labute approximate surface area is 453 Å². The minimum atomic E-state index is -0.849. The average Bonchev–Trinajstić information content (AvgIpc) is 4.31. The summed E-state index contributed by atoms with van der Waals surface area (Å²) < 4.78 is 51.4. The predicted molar refractivity (Wildman–Crippen MR) is 295 cm³/mol. The lowest BCUT2D eigenvalue weighted by Crippen LogP contribution is -2.38. The van der Waals surface area contributed by atoms with Crippen molar-refractivity contribution in [3.05, 3.63) is 136 Å². The number of nitrogens with one attached hydrogen (secondary N) is 1. The van der Waals surface area contributed by atoms with Crippen LogP contribution in [0.3, 0.4) is 0 Å². The van der Waals surface area contributed by atoms with Gasteiger partial charge in [-0.2, -0.15) is 5.10 Å². The minimum Gasteiger partial charge on any atom is -0.493 e. The van der Waals surface area contributed by atoms with Crippen LogP contribution in [0.2, 0.25) is 0 Å². The first-order chi connectivity index (χ1) is 36.8. The van der Waals surface area contributed by atoms with Crippen LogP contribution in [-0.4, -0.2) is 146 Å². The number of nitrogens with two attached hydrogens (primary N) is 1. The summed E-state index contributed by atoms with van der Waals surface area (Å²) in [5, 5.41) is 7.66. The fourth-order valence-corrected chi connectivity index (χ4v) is 8.31. The summed E-state index contributed by atoms with van der Waals surface area (Å²) in [4.78, 5) is 58.0. The Kier molecular flexibility index (Phi) is 19.6. The number of amides is 1. The quantitative estimate of drug-likeness (QED) is 0.0530. The van der Waals surface area contributed by atoms with E-state index in [0.29, 0.717) is 61.1 Å². The third kappa shape index (κ3) is 14.1. The molecule has 0 spiro atoms. The molecular weight excluding hydrogens is 1000 g/mol. The molecule has 0 unspecified atom stereocenters. The smallest absolute Gasteiger partial charge is 0.417 e. The summed E-state index contributed by atoms with van der Waals surface area (Å²) in [7, 11) is 11.7. The Bertz CT molecular complexity index is 3360. The van der Waals surface area contributed by atoms with Gasteiger partial charge in [0, 0.05) is 106 Å². The third-order valence-electron chi connectivity index (χ3n) is 12.0. The van der Waals surface area contributed by atoms with Crippen LogP contribution in [0.5, 0.6) is 11.5 Å². The fourth-order valence-electron chi connectivity index (χ4n) is 8.31.